The van der Waals surface area contributed by atoms with Crippen LogP contribution in [0.3, 0.4) is 0 Å². The minimum absolute atomic E-state index is 0.124. The first-order valence-corrected chi connectivity index (χ1v) is 6.85. The van der Waals surface area contributed by atoms with E-state index in [1.807, 2.05) is 0 Å². The minimum Gasteiger partial charge on any atom is -0.480 e. The smallest absolute Gasteiger partial charge is 0.281 e. The lowest BCUT2D eigenvalue weighted by Crippen LogP contribution is -2.04. The van der Waals surface area contributed by atoms with E-state index in [-0.39, 0.29) is 10.4 Å². The first-order valence-electron chi connectivity index (χ1n) is 3.74. The Morgan fingerprint density at radius 3 is 2.50 bits per heavy atom. The van der Waals surface area contributed by atoms with E-state index in [0.717, 1.165) is 6.07 Å². The molecule has 16 heavy (non-hydrogen) atoms. The average Bonchev–Trinajstić information content (AvgIpc) is 2.15. The molecule has 0 spiro atoms. The third-order valence-corrected chi connectivity index (χ3v) is 3.52. The molecular formula is C7H5BrClF2NO3S. The molecule has 0 aliphatic rings. The SMILES string of the molecule is COc1nc(C(F)F)c(S(=O)(=O)Cl)cc1Br. The van der Waals surface area contributed by atoms with Crippen LogP contribution >= 0.6 is 26.6 Å². The highest BCUT2D eigenvalue weighted by atomic mass is 79.9. The van der Waals surface area contributed by atoms with Gasteiger partial charge in [0.25, 0.3) is 15.5 Å². The van der Waals surface area contributed by atoms with Crippen molar-refractivity contribution in [3.05, 3.63) is 16.2 Å². The second-order valence-electron chi connectivity index (χ2n) is 2.60. The van der Waals surface area contributed by atoms with Crippen LogP contribution in [0, 0.1) is 0 Å². The predicted octanol–water partition coefficient (Wildman–Crippen LogP) is 2.72. The summed E-state index contributed by atoms with van der Waals surface area (Å²) in [4.78, 5) is 2.63. The minimum atomic E-state index is -4.28. The Kier molecular flexibility index (Phi) is 4.08. The maximum Gasteiger partial charge on any atom is 0.281 e. The monoisotopic (exact) mass is 335 g/mol. The van der Waals surface area contributed by atoms with Crippen LogP contribution in [0.5, 0.6) is 5.88 Å². The summed E-state index contributed by atoms with van der Waals surface area (Å²) in [7, 11) is 1.95. The molecule has 0 saturated heterocycles. The fourth-order valence-corrected chi connectivity index (χ4v) is 2.61. The molecule has 0 amide bonds. The van der Waals surface area contributed by atoms with Gasteiger partial charge in [0, 0.05) is 10.7 Å². The van der Waals surface area contributed by atoms with Gasteiger partial charge in [-0.25, -0.2) is 22.2 Å². The highest BCUT2D eigenvalue weighted by Gasteiger charge is 2.25. The highest BCUT2D eigenvalue weighted by Crippen LogP contribution is 2.33. The lowest BCUT2D eigenvalue weighted by Gasteiger charge is -2.08. The Balaban J connectivity index is 3.55. The Morgan fingerprint density at radius 1 is 1.56 bits per heavy atom. The molecule has 1 aromatic rings. The molecule has 90 valence electrons. The molecule has 0 N–H and O–H groups in total. The van der Waals surface area contributed by atoms with E-state index in [2.05, 4.69) is 25.7 Å². The number of nitrogens with zero attached hydrogens (tertiary/aromatic N) is 1. The third-order valence-electron chi connectivity index (χ3n) is 1.60. The van der Waals surface area contributed by atoms with Crippen LogP contribution < -0.4 is 4.74 Å². The first kappa shape index (κ1) is 13.6. The molecule has 0 saturated carbocycles. The number of halogens is 4. The lowest BCUT2D eigenvalue weighted by molar-refractivity contribution is 0.141. The van der Waals surface area contributed by atoms with E-state index >= 15 is 0 Å². The van der Waals surface area contributed by atoms with Crippen molar-refractivity contribution in [2.75, 3.05) is 7.11 Å². The summed E-state index contributed by atoms with van der Waals surface area (Å²) < 4.78 is 52.0. The fourth-order valence-electron chi connectivity index (χ4n) is 0.963. The van der Waals surface area contributed by atoms with Gasteiger partial charge in [-0.2, -0.15) is 0 Å². The number of hydrogen-bond acceptors (Lipinski definition) is 4. The van der Waals surface area contributed by atoms with Gasteiger partial charge in [-0.05, 0) is 22.0 Å². The molecule has 1 heterocycles. The van der Waals surface area contributed by atoms with Crippen molar-refractivity contribution in [1.29, 1.82) is 0 Å². The van der Waals surface area contributed by atoms with Crippen molar-refractivity contribution in [3.63, 3.8) is 0 Å². The zero-order valence-electron chi connectivity index (χ0n) is 7.75. The molecule has 4 nitrogen and oxygen atoms in total. The van der Waals surface area contributed by atoms with Gasteiger partial charge in [-0.15, -0.1) is 0 Å². The molecule has 1 aromatic heterocycles. The Morgan fingerprint density at radius 2 is 2.12 bits per heavy atom. The van der Waals surface area contributed by atoms with Crippen LogP contribution in [-0.4, -0.2) is 20.5 Å². The molecule has 0 fully saturated rings. The largest absolute Gasteiger partial charge is 0.480 e. The van der Waals surface area contributed by atoms with Crippen molar-refractivity contribution >= 4 is 35.7 Å². The van der Waals surface area contributed by atoms with E-state index in [1.54, 1.807) is 0 Å². The molecule has 0 unspecified atom stereocenters. The van der Waals surface area contributed by atoms with Crippen LogP contribution in [-0.2, 0) is 9.05 Å². The topological polar surface area (TPSA) is 56.3 Å². The molecule has 0 radical (unpaired) electrons. The predicted molar refractivity (Wildman–Crippen MR) is 56.5 cm³/mol. The molecular weight excluding hydrogens is 332 g/mol. The molecule has 1 rings (SSSR count). The van der Waals surface area contributed by atoms with E-state index < -0.39 is 26.1 Å². The molecule has 0 atom stereocenters. The van der Waals surface area contributed by atoms with Gasteiger partial charge in [-0.1, -0.05) is 0 Å². The molecule has 0 aliphatic carbocycles. The van der Waals surface area contributed by atoms with Crippen molar-refractivity contribution in [3.8, 4) is 5.88 Å². The zero-order valence-corrected chi connectivity index (χ0v) is 10.9. The molecule has 9 heteroatoms. The zero-order chi connectivity index (χ0) is 12.5. The second kappa shape index (κ2) is 4.80. The Hall–Kier alpha value is -0.470. The van der Waals surface area contributed by atoms with Crippen molar-refractivity contribution in [1.82, 2.24) is 4.98 Å². The van der Waals surface area contributed by atoms with Crippen LogP contribution in [0.1, 0.15) is 12.1 Å². The van der Waals surface area contributed by atoms with E-state index in [0.29, 0.717) is 0 Å². The van der Waals surface area contributed by atoms with E-state index in [9.17, 15) is 17.2 Å². The van der Waals surface area contributed by atoms with Crippen LogP contribution in [0.25, 0.3) is 0 Å². The summed E-state index contributed by atoms with van der Waals surface area (Å²) in [5.74, 6) is -0.139. The Labute approximate surface area is 103 Å². The lowest BCUT2D eigenvalue weighted by atomic mass is 10.3. The highest BCUT2D eigenvalue weighted by molar-refractivity contribution is 9.10. The maximum absolute atomic E-state index is 12.5. The number of hydrogen-bond donors (Lipinski definition) is 0. The summed E-state index contributed by atoms with van der Waals surface area (Å²) in [5.41, 5.74) is -0.935. The normalized spacial score (nSPS) is 11.9. The van der Waals surface area contributed by atoms with Gasteiger partial charge in [0.1, 0.15) is 10.6 Å². The first-order chi connectivity index (χ1) is 7.27. The van der Waals surface area contributed by atoms with Crippen molar-refractivity contribution in [2.24, 2.45) is 0 Å². The number of methoxy groups -OCH3 is 1. The van der Waals surface area contributed by atoms with Gasteiger partial charge in [0.15, 0.2) is 0 Å². The van der Waals surface area contributed by atoms with E-state index in [4.69, 9.17) is 10.7 Å². The quantitative estimate of drug-likeness (QED) is 0.796. The number of pyridine rings is 1. The van der Waals surface area contributed by atoms with Crippen LogP contribution in [0.15, 0.2) is 15.4 Å². The number of rotatable bonds is 3. The molecule has 0 aliphatic heterocycles. The third kappa shape index (κ3) is 2.80. The molecule has 0 bridgehead atoms. The van der Waals surface area contributed by atoms with Gasteiger partial charge < -0.3 is 4.74 Å². The van der Waals surface area contributed by atoms with E-state index in [1.165, 1.54) is 7.11 Å². The fraction of sp³-hybridized carbons (Fsp3) is 0.286. The maximum atomic E-state index is 12.5. The Bertz CT molecular complexity index is 509. The average molecular weight is 337 g/mol. The number of alkyl halides is 2. The summed E-state index contributed by atoms with van der Waals surface area (Å²) in [6.07, 6.45) is -3.06. The van der Waals surface area contributed by atoms with Crippen LogP contribution in [0.2, 0.25) is 0 Å². The molecule has 0 aromatic carbocycles. The van der Waals surface area contributed by atoms with Gasteiger partial charge in [0.2, 0.25) is 5.88 Å². The van der Waals surface area contributed by atoms with Gasteiger partial charge in [-0.3, -0.25) is 0 Å². The van der Waals surface area contributed by atoms with Crippen LogP contribution in [0.4, 0.5) is 8.78 Å². The number of ether oxygens (including phenoxy) is 1. The number of aromatic nitrogens is 1. The van der Waals surface area contributed by atoms with Gasteiger partial charge >= 0.3 is 0 Å². The standard InChI is InChI=1S/C7H5BrClF2NO3S/c1-15-7-3(8)2-4(16(9,13)14)5(12-7)6(10)11/h2,6H,1H3. The second-order valence-corrected chi connectivity index (χ2v) is 5.99. The summed E-state index contributed by atoms with van der Waals surface area (Å²) in [5, 5.41) is 0. The summed E-state index contributed by atoms with van der Waals surface area (Å²) in [6.45, 7) is 0. The van der Waals surface area contributed by atoms with Gasteiger partial charge in [0.05, 0.1) is 11.6 Å². The summed E-state index contributed by atoms with van der Waals surface area (Å²) in [6, 6.07) is 0.926. The van der Waals surface area contributed by atoms with Crippen molar-refractivity contribution < 1.29 is 21.9 Å². The van der Waals surface area contributed by atoms with Crippen molar-refractivity contribution in [2.45, 2.75) is 11.3 Å². The summed E-state index contributed by atoms with van der Waals surface area (Å²) >= 11 is 2.93.